The summed E-state index contributed by atoms with van der Waals surface area (Å²) in [6.45, 7) is 1.45. The molecular formula is C11H8O3. The number of fused-ring (bicyclic) bond motifs is 1. The van der Waals surface area contributed by atoms with E-state index in [4.69, 9.17) is 4.42 Å². The lowest BCUT2D eigenvalue weighted by atomic mass is 10.1. The Hall–Kier alpha value is -1.90. The van der Waals surface area contributed by atoms with Crippen molar-refractivity contribution in [2.45, 2.75) is 6.92 Å². The van der Waals surface area contributed by atoms with Crippen LogP contribution in [0.3, 0.4) is 0 Å². The highest BCUT2D eigenvalue weighted by molar-refractivity contribution is 6.06. The Morgan fingerprint density at radius 3 is 2.50 bits per heavy atom. The third-order valence-corrected chi connectivity index (χ3v) is 2.10. The van der Waals surface area contributed by atoms with Gasteiger partial charge in [0.2, 0.25) is 0 Å². The lowest BCUT2D eigenvalue weighted by molar-refractivity contribution is 0.101. The van der Waals surface area contributed by atoms with E-state index in [9.17, 15) is 9.59 Å². The molecule has 2 rings (SSSR count). The molecule has 1 heterocycles. The maximum atomic E-state index is 11.3. The molecular weight excluding hydrogens is 180 g/mol. The quantitative estimate of drug-likeness (QED) is 0.643. The predicted molar refractivity (Wildman–Crippen MR) is 52.5 cm³/mol. The number of benzene rings is 1. The van der Waals surface area contributed by atoms with Gasteiger partial charge in [0, 0.05) is 5.39 Å². The van der Waals surface area contributed by atoms with Gasteiger partial charge in [0.1, 0.15) is 6.26 Å². The van der Waals surface area contributed by atoms with Gasteiger partial charge in [0.05, 0.1) is 10.9 Å². The first-order chi connectivity index (χ1) is 6.70. The topological polar surface area (TPSA) is 47.3 Å². The summed E-state index contributed by atoms with van der Waals surface area (Å²) in [4.78, 5) is 22.5. The van der Waals surface area contributed by atoms with Crippen molar-refractivity contribution < 1.29 is 9.21 Å². The van der Waals surface area contributed by atoms with Crippen LogP contribution in [0.15, 0.2) is 39.7 Å². The van der Waals surface area contributed by atoms with Gasteiger partial charge in [-0.2, -0.15) is 0 Å². The van der Waals surface area contributed by atoms with Gasteiger partial charge in [-0.3, -0.25) is 4.79 Å². The Morgan fingerprint density at radius 2 is 1.86 bits per heavy atom. The SMILES string of the molecule is CC(=O)c1coc(=O)c2ccccc12. The highest BCUT2D eigenvalue weighted by Gasteiger charge is 2.08. The second-order valence-electron chi connectivity index (χ2n) is 3.04. The van der Waals surface area contributed by atoms with Crippen LogP contribution in [0.5, 0.6) is 0 Å². The standard InChI is InChI=1S/C11H8O3/c1-7(12)10-6-14-11(13)9-5-3-2-4-8(9)10/h2-6H,1H3. The Labute approximate surface area is 80.0 Å². The molecule has 0 N–H and O–H groups in total. The largest absolute Gasteiger partial charge is 0.430 e. The van der Waals surface area contributed by atoms with E-state index in [0.717, 1.165) is 0 Å². The third-order valence-electron chi connectivity index (χ3n) is 2.10. The van der Waals surface area contributed by atoms with E-state index in [0.29, 0.717) is 16.3 Å². The van der Waals surface area contributed by atoms with Crippen molar-refractivity contribution in [3.63, 3.8) is 0 Å². The van der Waals surface area contributed by atoms with Crippen molar-refractivity contribution in [1.29, 1.82) is 0 Å². The first-order valence-electron chi connectivity index (χ1n) is 4.21. The minimum absolute atomic E-state index is 0.107. The van der Waals surface area contributed by atoms with Crippen LogP contribution in [-0.2, 0) is 0 Å². The minimum atomic E-state index is -0.411. The maximum absolute atomic E-state index is 11.3. The molecule has 0 aliphatic rings. The van der Waals surface area contributed by atoms with Gasteiger partial charge in [-0.1, -0.05) is 18.2 Å². The van der Waals surface area contributed by atoms with Crippen molar-refractivity contribution in [1.82, 2.24) is 0 Å². The van der Waals surface area contributed by atoms with Gasteiger partial charge in [-0.05, 0) is 13.0 Å². The first-order valence-corrected chi connectivity index (χ1v) is 4.21. The molecule has 1 aromatic carbocycles. The summed E-state index contributed by atoms with van der Waals surface area (Å²) < 4.78 is 4.76. The molecule has 0 spiro atoms. The minimum Gasteiger partial charge on any atom is -0.430 e. The average Bonchev–Trinajstić information content (AvgIpc) is 2.18. The zero-order valence-corrected chi connectivity index (χ0v) is 7.61. The molecule has 0 radical (unpaired) electrons. The molecule has 0 saturated carbocycles. The molecule has 0 atom stereocenters. The van der Waals surface area contributed by atoms with Crippen molar-refractivity contribution in [2.24, 2.45) is 0 Å². The van der Waals surface area contributed by atoms with Gasteiger partial charge in [-0.25, -0.2) is 4.79 Å². The second-order valence-corrected chi connectivity index (χ2v) is 3.04. The number of rotatable bonds is 1. The van der Waals surface area contributed by atoms with Crippen molar-refractivity contribution in [3.8, 4) is 0 Å². The van der Waals surface area contributed by atoms with Gasteiger partial charge in [-0.15, -0.1) is 0 Å². The number of ketones is 1. The van der Waals surface area contributed by atoms with Crippen molar-refractivity contribution >= 4 is 16.6 Å². The lowest BCUT2D eigenvalue weighted by Gasteiger charge is -1.99. The fraction of sp³-hybridized carbons (Fsp3) is 0.0909. The number of carbonyl (C=O) groups is 1. The molecule has 2 aromatic rings. The van der Waals surface area contributed by atoms with Crippen LogP contribution in [0, 0.1) is 0 Å². The smallest absolute Gasteiger partial charge is 0.343 e. The summed E-state index contributed by atoms with van der Waals surface area (Å²) >= 11 is 0. The van der Waals surface area contributed by atoms with E-state index >= 15 is 0 Å². The summed E-state index contributed by atoms with van der Waals surface area (Å²) in [6, 6.07) is 6.91. The molecule has 0 aliphatic heterocycles. The van der Waals surface area contributed by atoms with Crippen LogP contribution in [0.4, 0.5) is 0 Å². The highest BCUT2D eigenvalue weighted by atomic mass is 16.4. The fourth-order valence-electron chi connectivity index (χ4n) is 1.41. The number of Topliss-reactive ketones (excluding diaryl/α,β-unsaturated/α-hetero) is 1. The molecule has 0 fully saturated rings. The van der Waals surface area contributed by atoms with Gasteiger partial charge >= 0.3 is 5.63 Å². The summed E-state index contributed by atoms with van der Waals surface area (Å²) in [5.74, 6) is -0.107. The van der Waals surface area contributed by atoms with Crippen LogP contribution < -0.4 is 5.63 Å². The Bertz CT molecular complexity index is 552. The van der Waals surface area contributed by atoms with Crippen LogP contribution in [0.25, 0.3) is 10.8 Å². The van der Waals surface area contributed by atoms with E-state index in [1.807, 2.05) is 0 Å². The Kier molecular flexibility index (Phi) is 1.93. The average molecular weight is 188 g/mol. The number of hydrogen-bond acceptors (Lipinski definition) is 3. The Morgan fingerprint density at radius 1 is 1.21 bits per heavy atom. The molecule has 0 bridgehead atoms. The zero-order valence-electron chi connectivity index (χ0n) is 7.61. The normalized spacial score (nSPS) is 10.4. The van der Waals surface area contributed by atoms with E-state index in [-0.39, 0.29) is 5.78 Å². The second kappa shape index (κ2) is 3.10. The molecule has 0 amide bonds. The molecule has 3 heteroatoms. The summed E-state index contributed by atoms with van der Waals surface area (Å²) in [6.07, 6.45) is 1.22. The maximum Gasteiger partial charge on any atom is 0.343 e. The molecule has 14 heavy (non-hydrogen) atoms. The summed E-state index contributed by atoms with van der Waals surface area (Å²) in [5.41, 5.74) is 0.0331. The highest BCUT2D eigenvalue weighted by Crippen LogP contribution is 2.15. The van der Waals surface area contributed by atoms with Gasteiger partial charge < -0.3 is 4.42 Å². The van der Waals surface area contributed by atoms with Crippen LogP contribution in [-0.4, -0.2) is 5.78 Å². The fourth-order valence-corrected chi connectivity index (χ4v) is 1.41. The van der Waals surface area contributed by atoms with Crippen molar-refractivity contribution in [3.05, 3.63) is 46.5 Å². The third kappa shape index (κ3) is 1.23. The van der Waals surface area contributed by atoms with E-state index in [1.165, 1.54) is 13.2 Å². The summed E-state index contributed by atoms with van der Waals surface area (Å²) in [7, 11) is 0. The molecule has 0 aliphatic carbocycles. The van der Waals surface area contributed by atoms with E-state index in [2.05, 4.69) is 0 Å². The monoisotopic (exact) mass is 188 g/mol. The molecule has 0 unspecified atom stereocenters. The zero-order chi connectivity index (χ0) is 10.1. The molecule has 70 valence electrons. The number of hydrogen-bond donors (Lipinski definition) is 0. The summed E-state index contributed by atoms with van der Waals surface area (Å²) in [5, 5.41) is 1.09. The predicted octanol–water partition coefficient (Wildman–Crippen LogP) is 2.00. The van der Waals surface area contributed by atoms with Crippen LogP contribution >= 0.6 is 0 Å². The first kappa shape index (κ1) is 8.69. The molecule has 0 saturated heterocycles. The van der Waals surface area contributed by atoms with E-state index in [1.54, 1.807) is 24.3 Å². The molecule has 1 aromatic heterocycles. The molecule has 3 nitrogen and oxygen atoms in total. The number of carbonyl (C=O) groups excluding carboxylic acids is 1. The Balaban J connectivity index is 2.96. The lowest BCUT2D eigenvalue weighted by Crippen LogP contribution is -2.03. The van der Waals surface area contributed by atoms with Gasteiger partial charge in [0.25, 0.3) is 0 Å². The van der Waals surface area contributed by atoms with Crippen molar-refractivity contribution in [2.75, 3.05) is 0 Å². The van der Waals surface area contributed by atoms with Gasteiger partial charge in [0.15, 0.2) is 5.78 Å². The van der Waals surface area contributed by atoms with Crippen LogP contribution in [0.2, 0.25) is 0 Å². The van der Waals surface area contributed by atoms with E-state index < -0.39 is 5.63 Å². The van der Waals surface area contributed by atoms with Crippen LogP contribution in [0.1, 0.15) is 17.3 Å².